The van der Waals surface area contributed by atoms with Crippen molar-refractivity contribution in [1.82, 2.24) is 5.32 Å². The van der Waals surface area contributed by atoms with Gasteiger partial charge in [-0.15, -0.1) is 0 Å². The number of rotatable bonds is 17. The fourth-order valence-electron chi connectivity index (χ4n) is 4.13. The van der Waals surface area contributed by atoms with E-state index in [0.717, 1.165) is 19.4 Å². The first-order chi connectivity index (χ1) is 12.2. The Hall–Kier alpha value is 0.430. The molecule has 1 saturated carbocycles. The first kappa shape index (κ1) is 26.4. The Morgan fingerprint density at radius 1 is 0.923 bits per heavy atom. The predicted octanol–water partition coefficient (Wildman–Crippen LogP) is 1.98. The van der Waals surface area contributed by atoms with Gasteiger partial charge in [-0.1, -0.05) is 90.4 Å². The normalized spacial score (nSPS) is 15.7. The van der Waals surface area contributed by atoms with Crippen LogP contribution in [0, 0.1) is 5.92 Å². The molecular weight excluding hydrogens is 333 g/mol. The molecule has 0 aromatic heterocycles. The van der Waals surface area contributed by atoms with Crippen molar-refractivity contribution in [3.8, 4) is 0 Å². The van der Waals surface area contributed by atoms with Gasteiger partial charge in [-0.05, 0) is 38.1 Å². The molecule has 0 heterocycles. The quantitative estimate of drug-likeness (QED) is 0.312. The minimum atomic E-state index is -0.877. The van der Waals surface area contributed by atoms with Gasteiger partial charge < -0.3 is 15.2 Å². The molecule has 148 valence electrons. The van der Waals surface area contributed by atoms with Gasteiger partial charge in [-0.2, -0.15) is 0 Å². The number of carbonyl (C=O) groups is 1. The smallest absolute Gasteiger partial charge is 0.550 e. The number of nitrogens with one attached hydrogen (secondary N) is 1. The second-order valence-corrected chi connectivity index (χ2v) is 8.14. The van der Waals surface area contributed by atoms with Crippen LogP contribution in [0.2, 0.25) is 0 Å². The number of carbonyl (C=O) groups excluding carboxylic acids is 1. The van der Waals surface area contributed by atoms with E-state index in [-0.39, 0.29) is 36.0 Å². The molecule has 0 aromatic rings. The third-order valence-electron chi connectivity index (χ3n) is 5.76. The monoisotopic (exact) mass is 375 g/mol. The van der Waals surface area contributed by atoms with Crippen LogP contribution in [0.1, 0.15) is 116 Å². The van der Waals surface area contributed by atoms with Crippen LogP contribution in [-0.2, 0) is 4.79 Å². The van der Waals surface area contributed by atoms with E-state index in [1.54, 1.807) is 0 Å². The van der Waals surface area contributed by atoms with Crippen molar-refractivity contribution >= 4 is 5.97 Å². The van der Waals surface area contributed by atoms with E-state index >= 15 is 0 Å². The molecule has 0 radical (unpaired) electrons. The maximum absolute atomic E-state index is 11.0. The molecule has 3 nitrogen and oxygen atoms in total. The summed E-state index contributed by atoms with van der Waals surface area (Å²) in [4.78, 5) is 11.0. The molecule has 1 N–H and O–H groups in total. The molecule has 0 bridgehead atoms. The zero-order valence-corrected chi connectivity index (χ0v) is 19.7. The van der Waals surface area contributed by atoms with Crippen molar-refractivity contribution in [3.05, 3.63) is 0 Å². The first-order valence-corrected chi connectivity index (χ1v) is 11.2. The zero-order chi connectivity index (χ0) is 18.2. The van der Waals surface area contributed by atoms with Crippen molar-refractivity contribution in [1.29, 1.82) is 0 Å². The summed E-state index contributed by atoms with van der Waals surface area (Å²) in [6, 6.07) is 0.681. The summed E-state index contributed by atoms with van der Waals surface area (Å²) in [6.45, 7) is 3.23. The number of hydrogen-bond donors (Lipinski definition) is 1. The molecule has 26 heavy (non-hydrogen) atoms. The molecular formula is C22H42NNaO2. The van der Waals surface area contributed by atoms with Crippen LogP contribution in [0.3, 0.4) is 0 Å². The SMILES string of the molecule is CCCCCCCCCCCCC(CCNC1CCCC1)CC(=O)[O-].[Na+]. The second kappa shape index (κ2) is 18.8. The molecule has 0 aliphatic heterocycles. The summed E-state index contributed by atoms with van der Waals surface area (Å²) >= 11 is 0. The predicted molar refractivity (Wildman–Crippen MR) is 104 cm³/mol. The van der Waals surface area contributed by atoms with Crippen molar-refractivity contribution < 1.29 is 39.5 Å². The summed E-state index contributed by atoms with van der Waals surface area (Å²) in [7, 11) is 0. The van der Waals surface area contributed by atoms with E-state index in [2.05, 4.69) is 12.2 Å². The van der Waals surface area contributed by atoms with Crippen LogP contribution in [0.15, 0.2) is 0 Å². The molecule has 1 aliphatic rings. The van der Waals surface area contributed by atoms with E-state index in [0.29, 0.717) is 12.0 Å². The molecule has 1 unspecified atom stereocenters. The average molecular weight is 376 g/mol. The van der Waals surface area contributed by atoms with Gasteiger partial charge in [-0.25, -0.2) is 0 Å². The van der Waals surface area contributed by atoms with E-state index in [4.69, 9.17) is 0 Å². The van der Waals surface area contributed by atoms with Gasteiger partial charge in [0.05, 0.1) is 0 Å². The van der Waals surface area contributed by atoms with E-state index in [1.807, 2.05) is 0 Å². The standard InChI is InChI=1S/C22H43NO2.Na/c1-2-3-4-5-6-7-8-9-10-11-14-20(19-22(24)25)17-18-23-21-15-12-13-16-21;/h20-21,23H,2-19H2,1H3,(H,24,25);/q;+1/p-1. The summed E-state index contributed by atoms with van der Waals surface area (Å²) in [6.07, 6.45) is 20.9. The minimum absolute atomic E-state index is 0. The van der Waals surface area contributed by atoms with Gasteiger partial charge in [0.2, 0.25) is 0 Å². The van der Waals surface area contributed by atoms with Crippen LogP contribution in [0.5, 0.6) is 0 Å². The third-order valence-corrected chi connectivity index (χ3v) is 5.76. The fraction of sp³-hybridized carbons (Fsp3) is 0.955. The van der Waals surface area contributed by atoms with E-state index in [1.165, 1.54) is 89.9 Å². The Morgan fingerprint density at radius 2 is 1.46 bits per heavy atom. The molecule has 1 atom stereocenters. The van der Waals surface area contributed by atoms with Gasteiger partial charge in [-0.3, -0.25) is 0 Å². The number of unbranched alkanes of at least 4 members (excludes halogenated alkanes) is 9. The van der Waals surface area contributed by atoms with Gasteiger partial charge in [0, 0.05) is 12.0 Å². The van der Waals surface area contributed by atoms with Gasteiger partial charge in [0.25, 0.3) is 0 Å². The summed E-state index contributed by atoms with van der Waals surface area (Å²) in [5, 5.41) is 14.6. The molecule has 1 fully saturated rings. The van der Waals surface area contributed by atoms with Crippen molar-refractivity contribution in [2.45, 2.75) is 122 Å². The fourth-order valence-corrected chi connectivity index (χ4v) is 4.13. The first-order valence-electron chi connectivity index (χ1n) is 11.2. The maximum atomic E-state index is 11.0. The number of aliphatic carboxylic acids is 1. The molecule has 0 amide bonds. The molecule has 0 spiro atoms. The minimum Gasteiger partial charge on any atom is -0.550 e. The Kier molecular flexibility index (Phi) is 19.1. The Morgan fingerprint density at radius 3 is 2.00 bits per heavy atom. The molecule has 0 saturated heterocycles. The molecule has 1 aliphatic carbocycles. The summed E-state index contributed by atoms with van der Waals surface area (Å²) in [5.74, 6) is -0.578. The maximum Gasteiger partial charge on any atom is 1.00 e. The van der Waals surface area contributed by atoms with E-state index < -0.39 is 5.97 Å². The summed E-state index contributed by atoms with van der Waals surface area (Å²) < 4.78 is 0. The molecule has 4 heteroatoms. The number of hydrogen-bond acceptors (Lipinski definition) is 3. The van der Waals surface area contributed by atoms with Gasteiger partial charge >= 0.3 is 29.6 Å². The van der Waals surface area contributed by atoms with Crippen LogP contribution in [-0.4, -0.2) is 18.6 Å². The number of carboxylic acids is 1. The number of carboxylic acid groups (broad SMARTS) is 1. The van der Waals surface area contributed by atoms with Crippen molar-refractivity contribution in [2.75, 3.05) is 6.54 Å². The third kappa shape index (κ3) is 15.5. The largest absolute Gasteiger partial charge is 1.00 e. The molecule has 1 rings (SSSR count). The average Bonchev–Trinajstić information content (AvgIpc) is 3.09. The Bertz CT molecular complexity index is 319. The topological polar surface area (TPSA) is 52.2 Å². The molecule has 0 aromatic carbocycles. The summed E-state index contributed by atoms with van der Waals surface area (Å²) in [5.41, 5.74) is 0. The zero-order valence-electron chi connectivity index (χ0n) is 17.7. The van der Waals surface area contributed by atoms with Crippen molar-refractivity contribution in [2.24, 2.45) is 5.92 Å². The van der Waals surface area contributed by atoms with Gasteiger partial charge in [0.15, 0.2) is 0 Å². The van der Waals surface area contributed by atoms with Crippen LogP contribution in [0.4, 0.5) is 0 Å². The van der Waals surface area contributed by atoms with Gasteiger partial charge in [0.1, 0.15) is 0 Å². The van der Waals surface area contributed by atoms with Crippen LogP contribution >= 0.6 is 0 Å². The second-order valence-electron chi connectivity index (χ2n) is 8.14. The van der Waals surface area contributed by atoms with Crippen LogP contribution < -0.4 is 40.0 Å². The van der Waals surface area contributed by atoms with Crippen molar-refractivity contribution in [3.63, 3.8) is 0 Å². The van der Waals surface area contributed by atoms with E-state index in [9.17, 15) is 9.90 Å². The Labute approximate surface area is 184 Å². The van der Waals surface area contributed by atoms with Crippen LogP contribution in [0.25, 0.3) is 0 Å². The Balaban J connectivity index is 0.00000625.